The van der Waals surface area contributed by atoms with E-state index in [4.69, 9.17) is 9.57 Å². The average molecular weight is 388 g/mol. The number of amides is 2. The molecule has 0 radical (unpaired) electrons. The molecule has 2 amide bonds. The Morgan fingerprint density at radius 1 is 1.25 bits per heavy atom. The van der Waals surface area contributed by atoms with E-state index in [9.17, 15) is 9.59 Å². The third kappa shape index (κ3) is 4.27. The van der Waals surface area contributed by atoms with Crippen molar-refractivity contribution in [3.8, 4) is 0 Å². The summed E-state index contributed by atoms with van der Waals surface area (Å²) in [5, 5.41) is 9.68. The fourth-order valence-electron chi connectivity index (χ4n) is 3.41. The Balaban J connectivity index is 1.74. The Hall–Kier alpha value is -2.61. The van der Waals surface area contributed by atoms with E-state index in [-0.39, 0.29) is 17.9 Å². The number of hydrogen-bond donors (Lipinski definition) is 1. The number of carbonyl (C=O) groups excluding carboxylic acids is 2. The average Bonchev–Trinajstić information content (AvgIpc) is 3.08. The molecule has 0 atom stereocenters. The number of benzene rings is 1. The molecular weight excluding hydrogens is 360 g/mol. The molecule has 8 nitrogen and oxygen atoms in total. The molecule has 0 aliphatic carbocycles. The highest BCUT2D eigenvalue weighted by Gasteiger charge is 2.29. The summed E-state index contributed by atoms with van der Waals surface area (Å²) in [6.07, 6.45) is 1.33. The summed E-state index contributed by atoms with van der Waals surface area (Å²) in [6.45, 7) is 6.85. The van der Waals surface area contributed by atoms with Gasteiger partial charge in [0.05, 0.1) is 18.3 Å². The lowest BCUT2D eigenvalue weighted by molar-refractivity contribution is -0.0756. The normalized spacial score (nSPS) is 15.7. The van der Waals surface area contributed by atoms with E-state index < -0.39 is 5.60 Å². The van der Waals surface area contributed by atoms with Crippen molar-refractivity contribution in [3.05, 3.63) is 29.5 Å². The van der Waals surface area contributed by atoms with Crippen LogP contribution in [-0.4, -0.2) is 65.0 Å². The summed E-state index contributed by atoms with van der Waals surface area (Å²) in [4.78, 5) is 31.4. The summed E-state index contributed by atoms with van der Waals surface area (Å²) in [7, 11) is 3.04. The maximum atomic E-state index is 12.4. The molecule has 0 saturated carbocycles. The SMILES string of the molecule is CON(C)C(=O)c1ccc2[nH]nc(C3CCN(C(=O)OC(C)(C)C)CC3)c2c1. The molecule has 1 aromatic carbocycles. The number of H-pyrrole nitrogens is 1. The minimum Gasteiger partial charge on any atom is -0.444 e. The van der Waals surface area contributed by atoms with Gasteiger partial charge < -0.3 is 9.64 Å². The Bertz CT molecular complexity index is 863. The molecule has 3 rings (SSSR count). The molecule has 1 aliphatic heterocycles. The lowest BCUT2D eigenvalue weighted by Crippen LogP contribution is -2.41. The van der Waals surface area contributed by atoms with Crippen LogP contribution >= 0.6 is 0 Å². The predicted molar refractivity (Wildman–Crippen MR) is 105 cm³/mol. The van der Waals surface area contributed by atoms with E-state index in [0.29, 0.717) is 18.7 Å². The zero-order valence-electron chi connectivity index (χ0n) is 17.1. The number of rotatable bonds is 3. The van der Waals surface area contributed by atoms with Crippen LogP contribution in [0.2, 0.25) is 0 Å². The summed E-state index contributed by atoms with van der Waals surface area (Å²) in [5.74, 6) is 0.00855. The molecule has 0 unspecified atom stereocenters. The second-order valence-corrected chi connectivity index (χ2v) is 8.10. The number of hydroxylamine groups is 2. The fourth-order valence-corrected chi connectivity index (χ4v) is 3.41. The molecule has 8 heteroatoms. The zero-order chi connectivity index (χ0) is 20.5. The van der Waals surface area contributed by atoms with Crippen molar-refractivity contribution >= 4 is 22.9 Å². The van der Waals surface area contributed by atoms with Crippen LogP contribution in [0.3, 0.4) is 0 Å². The third-order valence-electron chi connectivity index (χ3n) is 4.93. The van der Waals surface area contributed by atoms with Gasteiger partial charge in [0, 0.05) is 37.0 Å². The first-order valence-corrected chi connectivity index (χ1v) is 9.47. The highest BCUT2D eigenvalue weighted by molar-refractivity contribution is 5.98. The van der Waals surface area contributed by atoms with Crippen molar-refractivity contribution < 1.29 is 19.2 Å². The number of hydrogen-bond acceptors (Lipinski definition) is 5. The maximum absolute atomic E-state index is 12.4. The molecular formula is C20H28N4O4. The molecule has 0 bridgehead atoms. The fraction of sp³-hybridized carbons (Fsp3) is 0.550. The first-order valence-electron chi connectivity index (χ1n) is 9.47. The topological polar surface area (TPSA) is 87.8 Å². The molecule has 152 valence electrons. The van der Waals surface area contributed by atoms with E-state index in [0.717, 1.165) is 29.4 Å². The minimum atomic E-state index is -0.495. The monoisotopic (exact) mass is 388 g/mol. The first-order chi connectivity index (χ1) is 13.2. The number of likely N-dealkylation sites (tertiary alicyclic amines) is 1. The van der Waals surface area contributed by atoms with Crippen LogP contribution in [-0.2, 0) is 9.57 Å². The van der Waals surface area contributed by atoms with Gasteiger partial charge in [-0.1, -0.05) is 0 Å². The molecule has 1 aliphatic rings. The molecule has 1 fully saturated rings. The van der Waals surface area contributed by atoms with E-state index in [1.165, 1.54) is 12.2 Å². The van der Waals surface area contributed by atoms with Crippen LogP contribution in [0.4, 0.5) is 4.79 Å². The molecule has 28 heavy (non-hydrogen) atoms. The van der Waals surface area contributed by atoms with Gasteiger partial charge in [-0.25, -0.2) is 9.86 Å². The van der Waals surface area contributed by atoms with Gasteiger partial charge in [-0.3, -0.25) is 14.7 Å². The van der Waals surface area contributed by atoms with Gasteiger partial charge in [-0.2, -0.15) is 5.10 Å². The van der Waals surface area contributed by atoms with Crippen molar-refractivity contribution in [3.63, 3.8) is 0 Å². The molecule has 1 aromatic heterocycles. The van der Waals surface area contributed by atoms with Crippen LogP contribution in [0.5, 0.6) is 0 Å². The zero-order valence-corrected chi connectivity index (χ0v) is 17.1. The number of nitrogens with zero attached hydrogens (tertiary/aromatic N) is 3. The molecule has 2 heterocycles. The molecule has 1 N–H and O–H groups in total. The largest absolute Gasteiger partial charge is 0.444 e. The standard InChI is InChI=1S/C20H28N4O4/c1-20(2,3)28-19(26)24-10-8-13(9-11-24)17-15-12-14(18(25)23(4)27-5)6-7-16(15)21-22-17/h6-7,12-13H,8-11H2,1-5H3,(H,21,22). The first kappa shape index (κ1) is 20.1. The van der Waals surface area contributed by atoms with Crippen molar-refractivity contribution in [2.75, 3.05) is 27.2 Å². The highest BCUT2D eigenvalue weighted by atomic mass is 16.7. The smallest absolute Gasteiger partial charge is 0.410 e. The van der Waals surface area contributed by atoms with Gasteiger partial charge in [0.15, 0.2) is 0 Å². The van der Waals surface area contributed by atoms with Gasteiger partial charge in [0.25, 0.3) is 5.91 Å². The van der Waals surface area contributed by atoms with Gasteiger partial charge in [-0.15, -0.1) is 0 Å². The van der Waals surface area contributed by atoms with E-state index in [1.54, 1.807) is 18.0 Å². The summed E-state index contributed by atoms with van der Waals surface area (Å²) < 4.78 is 5.46. The number of fused-ring (bicyclic) bond motifs is 1. The number of piperidine rings is 1. The lowest BCUT2D eigenvalue weighted by atomic mass is 9.91. The van der Waals surface area contributed by atoms with E-state index >= 15 is 0 Å². The third-order valence-corrected chi connectivity index (χ3v) is 4.93. The van der Waals surface area contributed by atoms with Crippen LogP contribution in [0.1, 0.15) is 55.6 Å². The predicted octanol–water partition coefficient (Wildman–Crippen LogP) is 3.31. The van der Waals surface area contributed by atoms with E-state index in [2.05, 4.69) is 10.2 Å². The Morgan fingerprint density at radius 3 is 2.54 bits per heavy atom. The second kappa shape index (κ2) is 7.79. The van der Waals surface area contributed by atoms with Crippen LogP contribution in [0, 0.1) is 0 Å². The Labute approximate surface area is 164 Å². The second-order valence-electron chi connectivity index (χ2n) is 8.10. The molecule has 0 spiro atoms. The number of aromatic nitrogens is 2. The molecule has 2 aromatic rings. The van der Waals surface area contributed by atoms with Crippen molar-refractivity contribution in [1.29, 1.82) is 0 Å². The Morgan fingerprint density at radius 2 is 1.93 bits per heavy atom. The van der Waals surface area contributed by atoms with Crippen molar-refractivity contribution in [2.45, 2.75) is 45.1 Å². The quantitative estimate of drug-likeness (QED) is 0.815. The van der Waals surface area contributed by atoms with Crippen molar-refractivity contribution in [2.24, 2.45) is 0 Å². The Kier molecular flexibility index (Phi) is 5.60. The van der Waals surface area contributed by atoms with Crippen LogP contribution in [0.15, 0.2) is 18.2 Å². The molecule has 1 saturated heterocycles. The number of aromatic amines is 1. The van der Waals surface area contributed by atoms with Crippen LogP contribution < -0.4 is 0 Å². The minimum absolute atomic E-state index is 0.212. The van der Waals surface area contributed by atoms with Crippen LogP contribution in [0.25, 0.3) is 10.9 Å². The van der Waals surface area contributed by atoms with E-state index in [1.807, 2.05) is 32.9 Å². The number of carbonyl (C=O) groups is 2. The summed E-state index contributed by atoms with van der Waals surface area (Å²) in [5.41, 5.74) is 1.88. The van der Waals surface area contributed by atoms with Crippen molar-refractivity contribution in [1.82, 2.24) is 20.2 Å². The van der Waals surface area contributed by atoms with Gasteiger partial charge >= 0.3 is 6.09 Å². The van der Waals surface area contributed by atoms with Gasteiger partial charge in [-0.05, 0) is 51.8 Å². The van der Waals surface area contributed by atoms with Gasteiger partial charge in [0.2, 0.25) is 0 Å². The lowest BCUT2D eigenvalue weighted by Gasteiger charge is -2.33. The maximum Gasteiger partial charge on any atom is 0.410 e. The number of ether oxygens (including phenoxy) is 1. The highest BCUT2D eigenvalue weighted by Crippen LogP contribution is 2.32. The van der Waals surface area contributed by atoms with Gasteiger partial charge in [0.1, 0.15) is 5.60 Å². The number of nitrogens with one attached hydrogen (secondary N) is 1. The summed E-state index contributed by atoms with van der Waals surface area (Å²) >= 11 is 0. The summed E-state index contributed by atoms with van der Waals surface area (Å²) in [6, 6.07) is 5.47.